The van der Waals surface area contributed by atoms with Crippen molar-refractivity contribution in [3.05, 3.63) is 0 Å². The van der Waals surface area contributed by atoms with Crippen molar-refractivity contribution in [3.8, 4) is 23.7 Å². The van der Waals surface area contributed by atoms with Crippen LogP contribution in [0.2, 0.25) is 0 Å². The van der Waals surface area contributed by atoms with Crippen LogP contribution in [0.3, 0.4) is 0 Å². The quantitative estimate of drug-likeness (QED) is 0.0378. The number of unbranched alkanes of at least 4 members (excludes halogenated alkanes) is 17. The molecule has 0 N–H and O–H groups in total. The minimum absolute atomic E-state index is 0.0164. The predicted molar refractivity (Wildman–Crippen MR) is 210 cm³/mol. The van der Waals surface area contributed by atoms with E-state index < -0.39 is 0 Å². The van der Waals surface area contributed by atoms with Gasteiger partial charge in [0, 0.05) is 51.4 Å². The van der Waals surface area contributed by atoms with Crippen molar-refractivity contribution in [2.45, 2.75) is 213 Å². The van der Waals surface area contributed by atoms with E-state index >= 15 is 0 Å². The third-order valence-electron chi connectivity index (χ3n) is 8.98. The second-order valence-corrected chi connectivity index (χ2v) is 14.3. The van der Waals surface area contributed by atoms with Gasteiger partial charge in [-0.2, -0.15) is 0 Å². The average molecular weight is 700 g/mol. The third-order valence-corrected chi connectivity index (χ3v) is 8.98. The second-order valence-electron chi connectivity index (χ2n) is 14.3. The molecule has 0 aromatic heterocycles. The summed E-state index contributed by atoms with van der Waals surface area (Å²) in [6.45, 7) is 5.71. The highest BCUT2D eigenvalue weighted by molar-refractivity contribution is 5.78. The Morgan fingerprint density at radius 2 is 0.960 bits per heavy atom. The van der Waals surface area contributed by atoms with E-state index in [4.69, 9.17) is 9.47 Å². The first-order chi connectivity index (χ1) is 24.4. The van der Waals surface area contributed by atoms with Crippen LogP contribution in [0.4, 0.5) is 0 Å². The molecule has 0 fully saturated rings. The summed E-state index contributed by atoms with van der Waals surface area (Å²) < 4.78 is 11.3. The number of carbonyl (C=O) groups is 3. The number of ether oxygens (including phenoxy) is 2. The van der Waals surface area contributed by atoms with Gasteiger partial charge in [-0.1, -0.05) is 96.8 Å². The molecule has 0 aliphatic heterocycles. The first-order valence-corrected chi connectivity index (χ1v) is 20.8. The molecule has 0 aliphatic carbocycles. The molecular formula is C44H77NO5. The molecule has 6 heteroatoms. The number of hydrogen-bond acceptors (Lipinski definition) is 6. The van der Waals surface area contributed by atoms with Crippen molar-refractivity contribution in [1.82, 2.24) is 4.90 Å². The minimum atomic E-state index is -0.119. The Balaban J connectivity index is 4.11. The van der Waals surface area contributed by atoms with Crippen molar-refractivity contribution in [2.24, 2.45) is 0 Å². The normalized spacial score (nSPS) is 11.4. The summed E-state index contributed by atoms with van der Waals surface area (Å²) in [5, 5.41) is 0. The van der Waals surface area contributed by atoms with Gasteiger partial charge >= 0.3 is 11.9 Å². The zero-order valence-electron chi connectivity index (χ0n) is 33.2. The minimum Gasteiger partial charge on any atom is -0.465 e. The second kappa shape index (κ2) is 37.9. The summed E-state index contributed by atoms with van der Waals surface area (Å²) in [5.74, 6) is 12.9. The van der Waals surface area contributed by atoms with Crippen molar-refractivity contribution in [2.75, 3.05) is 27.2 Å². The highest BCUT2D eigenvalue weighted by Crippen LogP contribution is 2.18. The van der Waals surface area contributed by atoms with Crippen LogP contribution in [0.1, 0.15) is 206 Å². The lowest BCUT2D eigenvalue weighted by molar-refractivity contribution is -0.150. The van der Waals surface area contributed by atoms with E-state index in [1.54, 1.807) is 0 Å². The number of carbonyl (C=O) groups excluding carboxylic acids is 3. The van der Waals surface area contributed by atoms with Gasteiger partial charge < -0.3 is 14.4 Å². The Bertz CT molecular complexity index is 876. The first kappa shape index (κ1) is 47.7. The lowest BCUT2D eigenvalue weighted by Crippen LogP contribution is -2.20. The summed E-state index contributed by atoms with van der Waals surface area (Å²) in [6.07, 6.45) is 29.5. The van der Waals surface area contributed by atoms with E-state index in [2.05, 4.69) is 42.4 Å². The Kier molecular flexibility index (Phi) is 36.2. The number of ketones is 1. The van der Waals surface area contributed by atoms with Gasteiger partial charge in [0.1, 0.15) is 18.5 Å². The lowest BCUT2D eigenvalue weighted by atomic mass is 10.0. The Labute approximate surface area is 309 Å². The average Bonchev–Trinajstić information content (AvgIpc) is 3.09. The molecule has 0 saturated carbocycles. The van der Waals surface area contributed by atoms with E-state index in [-0.39, 0.29) is 18.0 Å². The van der Waals surface area contributed by atoms with Crippen LogP contribution in [0, 0.1) is 23.7 Å². The highest BCUT2D eigenvalue weighted by atomic mass is 16.5. The first-order valence-electron chi connectivity index (χ1n) is 20.8. The summed E-state index contributed by atoms with van der Waals surface area (Å²) in [4.78, 5) is 38.9. The molecule has 0 aromatic rings. The van der Waals surface area contributed by atoms with Crippen molar-refractivity contribution in [3.63, 3.8) is 0 Å². The smallest absolute Gasteiger partial charge is 0.306 e. The van der Waals surface area contributed by atoms with Crippen LogP contribution in [0.25, 0.3) is 0 Å². The monoisotopic (exact) mass is 700 g/mol. The zero-order valence-corrected chi connectivity index (χ0v) is 33.2. The molecule has 0 amide bonds. The van der Waals surface area contributed by atoms with Gasteiger partial charge in [0.15, 0.2) is 0 Å². The van der Waals surface area contributed by atoms with Gasteiger partial charge in [0.2, 0.25) is 0 Å². The molecule has 0 aliphatic rings. The molecule has 288 valence electrons. The molecule has 0 spiro atoms. The lowest BCUT2D eigenvalue weighted by Gasteiger charge is -2.18. The molecule has 1 unspecified atom stereocenters. The van der Waals surface area contributed by atoms with Crippen LogP contribution < -0.4 is 0 Å². The maximum absolute atomic E-state index is 12.5. The summed E-state index contributed by atoms with van der Waals surface area (Å²) >= 11 is 0. The number of hydrogen-bond donors (Lipinski definition) is 0. The zero-order chi connectivity index (χ0) is 36.8. The SMILES string of the molecule is CCCCCCC#CCCCC(=O)CCCCCCCC(CCCCCCCC(=O)OCCC#CCCCCCC)OC(=O)CCCN(C)C. The van der Waals surface area contributed by atoms with Gasteiger partial charge in [-0.25, -0.2) is 0 Å². The van der Waals surface area contributed by atoms with E-state index in [0.717, 1.165) is 122 Å². The number of nitrogens with zero attached hydrogens (tertiary/aromatic N) is 1. The van der Waals surface area contributed by atoms with Crippen LogP contribution in [-0.4, -0.2) is 56.0 Å². The van der Waals surface area contributed by atoms with Crippen LogP contribution in [-0.2, 0) is 23.9 Å². The fourth-order valence-electron chi connectivity index (χ4n) is 5.86. The van der Waals surface area contributed by atoms with Crippen molar-refractivity contribution in [1.29, 1.82) is 0 Å². The van der Waals surface area contributed by atoms with Crippen molar-refractivity contribution < 1.29 is 23.9 Å². The maximum Gasteiger partial charge on any atom is 0.306 e. The molecule has 6 nitrogen and oxygen atoms in total. The fourth-order valence-corrected chi connectivity index (χ4v) is 5.86. The Morgan fingerprint density at radius 3 is 1.54 bits per heavy atom. The highest BCUT2D eigenvalue weighted by Gasteiger charge is 2.14. The van der Waals surface area contributed by atoms with Crippen LogP contribution in [0.5, 0.6) is 0 Å². The third kappa shape index (κ3) is 37.0. The van der Waals surface area contributed by atoms with Crippen LogP contribution >= 0.6 is 0 Å². The number of rotatable bonds is 34. The predicted octanol–water partition coefficient (Wildman–Crippen LogP) is 11.3. The Morgan fingerprint density at radius 1 is 0.500 bits per heavy atom. The largest absolute Gasteiger partial charge is 0.465 e. The molecule has 50 heavy (non-hydrogen) atoms. The molecule has 0 aromatic carbocycles. The fraction of sp³-hybridized carbons (Fsp3) is 0.841. The molecule has 0 heterocycles. The topological polar surface area (TPSA) is 72.9 Å². The van der Waals surface area contributed by atoms with Crippen LogP contribution in [0.15, 0.2) is 0 Å². The molecule has 0 saturated heterocycles. The van der Waals surface area contributed by atoms with E-state index in [9.17, 15) is 14.4 Å². The van der Waals surface area contributed by atoms with E-state index in [0.29, 0.717) is 44.5 Å². The molecule has 0 rings (SSSR count). The number of Topliss-reactive ketones (excluding diaryl/α,β-unsaturated/α-hetero) is 1. The van der Waals surface area contributed by atoms with Gasteiger partial charge in [-0.15, -0.1) is 17.8 Å². The standard InChI is InChI=1S/C44H77NO5/c1-5-7-9-11-13-15-16-20-26-33-41(46)34-27-21-18-22-28-35-42(50-44(48)38-32-39-45(3)4)36-29-23-19-24-30-37-43(47)49-40-31-25-17-14-12-10-8-6-2/h42H,5-14,18-24,26-40H2,1-4H3. The van der Waals surface area contributed by atoms with Gasteiger partial charge in [0.25, 0.3) is 0 Å². The van der Waals surface area contributed by atoms with Gasteiger partial charge in [-0.05, 0) is 84.8 Å². The molecule has 0 radical (unpaired) electrons. The van der Waals surface area contributed by atoms with E-state index in [1.807, 2.05) is 14.1 Å². The molecule has 1 atom stereocenters. The van der Waals surface area contributed by atoms with Crippen molar-refractivity contribution >= 4 is 17.7 Å². The number of esters is 2. The summed E-state index contributed by atoms with van der Waals surface area (Å²) in [6, 6.07) is 0. The summed E-state index contributed by atoms with van der Waals surface area (Å²) in [5.41, 5.74) is 0. The maximum atomic E-state index is 12.5. The Hall–Kier alpha value is -2.31. The van der Waals surface area contributed by atoms with Gasteiger partial charge in [0.05, 0.1) is 0 Å². The van der Waals surface area contributed by atoms with E-state index in [1.165, 1.54) is 44.9 Å². The summed E-state index contributed by atoms with van der Waals surface area (Å²) in [7, 11) is 4.04. The molecular weight excluding hydrogens is 622 g/mol. The van der Waals surface area contributed by atoms with Gasteiger partial charge in [-0.3, -0.25) is 14.4 Å². The molecule has 0 bridgehead atoms.